The second-order valence-corrected chi connectivity index (χ2v) is 10.3. The van der Waals surface area contributed by atoms with Crippen LogP contribution in [0.25, 0.3) is 0 Å². The predicted molar refractivity (Wildman–Crippen MR) is 150 cm³/mol. The van der Waals surface area contributed by atoms with Gasteiger partial charge >= 0.3 is 11.9 Å². The number of nitrogens with zero attached hydrogens (tertiary/aromatic N) is 1. The third kappa shape index (κ3) is 7.83. The van der Waals surface area contributed by atoms with Gasteiger partial charge in [0, 0.05) is 24.0 Å². The first-order valence-electron chi connectivity index (χ1n) is 14.0. The van der Waals surface area contributed by atoms with Crippen LogP contribution < -0.4 is 4.74 Å². The van der Waals surface area contributed by atoms with E-state index in [0.717, 1.165) is 44.1 Å². The van der Waals surface area contributed by atoms with Gasteiger partial charge in [-0.2, -0.15) is 5.26 Å². The fourth-order valence-electron chi connectivity index (χ4n) is 5.06. The van der Waals surface area contributed by atoms with Crippen LogP contribution in [-0.2, 0) is 14.3 Å². The molecule has 3 aliphatic rings. The summed E-state index contributed by atoms with van der Waals surface area (Å²) in [6, 6.07) is 9.14. The Hall–Kier alpha value is -3.85. The molecule has 1 aliphatic heterocycles. The molecule has 1 heterocycles. The molecule has 2 unspecified atom stereocenters. The summed E-state index contributed by atoms with van der Waals surface area (Å²) < 4.78 is 17.4. The second kappa shape index (κ2) is 13.8. The maximum absolute atomic E-state index is 12.8. The van der Waals surface area contributed by atoms with E-state index in [1.807, 2.05) is 24.3 Å². The fraction of sp³-hybridized carbons (Fsp3) is 0.424. The summed E-state index contributed by atoms with van der Waals surface area (Å²) in [6.45, 7) is 5.99. The van der Waals surface area contributed by atoms with E-state index in [1.165, 1.54) is 30.4 Å². The molecule has 6 heteroatoms. The maximum Gasteiger partial charge on any atom is 0.343 e. The zero-order valence-electron chi connectivity index (χ0n) is 22.7. The van der Waals surface area contributed by atoms with Crippen LogP contribution in [-0.4, -0.2) is 24.1 Å². The average molecular weight is 528 g/mol. The summed E-state index contributed by atoms with van der Waals surface area (Å²) in [5.41, 5.74) is 4.20. The number of carbonyl (C=O) groups is 2. The van der Waals surface area contributed by atoms with Gasteiger partial charge in [-0.05, 0) is 79.7 Å². The summed E-state index contributed by atoms with van der Waals surface area (Å²) in [5, 5.41) is 9.02. The molecular formula is C33H37NO5. The Kier molecular flexibility index (Phi) is 9.97. The van der Waals surface area contributed by atoms with Gasteiger partial charge in [-0.1, -0.05) is 51.3 Å². The van der Waals surface area contributed by atoms with E-state index < -0.39 is 5.97 Å². The monoisotopic (exact) mass is 527 g/mol. The smallest absolute Gasteiger partial charge is 0.343 e. The zero-order chi connectivity index (χ0) is 27.6. The molecule has 1 aromatic carbocycles. The van der Waals surface area contributed by atoms with Crippen molar-refractivity contribution in [2.45, 2.75) is 89.8 Å². The maximum atomic E-state index is 12.8. The van der Waals surface area contributed by atoms with Crippen molar-refractivity contribution in [2.75, 3.05) is 0 Å². The molecule has 204 valence electrons. The van der Waals surface area contributed by atoms with Gasteiger partial charge in [-0.25, -0.2) is 9.59 Å². The van der Waals surface area contributed by atoms with Crippen molar-refractivity contribution < 1.29 is 23.8 Å². The molecular weight excluding hydrogens is 490 g/mol. The van der Waals surface area contributed by atoms with Crippen LogP contribution >= 0.6 is 0 Å². The summed E-state index contributed by atoms with van der Waals surface area (Å²) in [4.78, 5) is 24.7. The van der Waals surface area contributed by atoms with Crippen LogP contribution in [0.4, 0.5) is 0 Å². The number of unbranched alkanes of at least 4 members (excludes halogenated alkanes) is 4. The summed E-state index contributed by atoms with van der Waals surface area (Å²) in [6.07, 6.45) is 17.2. The molecule has 0 bridgehead atoms. The van der Waals surface area contributed by atoms with Crippen molar-refractivity contribution in [3.8, 4) is 11.8 Å². The van der Waals surface area contributed by atoms with Gasteiger partial charge in [0.1, 0.15) is 23.7 Å². The Bertz CT molecular complexity index is 1230. The van der Waals surface area contributed by atoms with Gasteiger partial charge in [0.05, 0.1) is 11.6 Å². The minimum atomic E-state index is -0.406. The predicted octanol–water partition coefficient (Wildman–Crippen LogP) is 7.60. The molecule has 39 heavy (non-hydrogen) atoms. The highest BCUT2D eigenvalue weighted by atomic mass is 16.6. The number of cyclic esters (lactones) is 1. The lowest BCUT2D eigenvalue weighted by atomic mass is 9.89. The minimum Gasteiger partial charge on any atom is -0.487 e. The molecule has 0 spiro atoms. The van der Waals surface area contributed by atoms with E-state index in [0.29, 0.717) is 35.5 Å². The van der Waals surface area contributed by atoms with Gasteiger partial charge in [-0.3, -0.25) is 0 Å². The molecule has 0 radical (unpaired) electrons. The van der Waals surface area contributed by atoms with E-state index in [-0.39, 0.29) is 18.2 Å². The van der Waals surface area contributed by atoms with Crippen LogP contribution in [0.1, 0.15) is 87.9 Å². The van der Waals surface area contributed by atoms with Crippen molar-refractivity contribution in [1.82, 2.24) is 0 Å². The summed E-state index contributed by atoms with van der Waals surface area (Å²) in [7, 11) is 0. The Morgan fingerprint density at radius 3 is 2.33 bits per heavy atom. The SMILES string of the molecule is C=C1CC(C(CCCCCCC)Oc2ccc(C(=O)OC3=CC=C(C4=CC=C(C#N)CC4)CC3)cc2)OC1=O. The Morgan fingerprint density at radius 1 is 1.03 bits per heavy atom. The molecule has 1 aromatic rings. The fourth-order valence-corrected chi connectivity index (χ4v) is 5.06. The van der Waals surface area contributed by atoms with Gasteiger partial charge in [0.25, 0.3) is 0 Å². The summed E-state index contributed by atoms with van der Waals surface area (Å²) in [5.74, 6) is 0.506. The minimum absolute atomic E-state index is 0.262. The van der Waals surface area contributed by atoms with Crippen molar-refractivity contribution in [1.29, 1.82) is 5.26 Å². The number of nitriles is 1. The lowest BCUT2D eigenvalue weighted by Crippen LogP contribution is -2.31. The number of esters is 2. The molecule has 4 rings (SSSR count). The molecule has 0 aromatic heterocycles. The topological polar surface area (TPSA) is 85.6 Å². The average Bonchev–Trinajstić information content (AvgIpc) is 3.30. The first kappa shape index (κ1) is 28.2. The second-order valence-electron chi connectivity index (χ2n) is 10.3. The van der Waals surface area contributed by atoms with E-state index >= 15 is 0 Å². The number of carbonyl (C=O) groups excluding carboxylic acids is 2. The van der Waals surface area contributed by atoms with Crippen LogP contribution in [0.3, 0.4) is 0 Å². The van der Waals surface area contributed by atoms with Gasteiger partial charge in [-0.15, -0.1) is 0 Å². The standard InChI is InChI=1S/C33H37NO5/c1-3-4-5-6-7-8-30(31-21-23(2)32(35)39-31)37-28-19-15-27(16-20-28)33(36)38-29-17-13-26(14-18-29)25-11-9-24(22-34)10-12-25/h9,11,13,15-17,19-20,30-31H,2-8,10,12,14,18,21H2,1H3. The molecule has 1 saturated heterocycles. The van der Waals surface area contributed by atoms with E-state index in [1.54, 1.807) is 24.3 Å². The van der Waals surface area contributed by atoms with Crippen LogP contribution in [0.15, 0.2) is 83.2 Å². The van der Waals surface area contributed by atoms with Crippen LogP contribution in [0.2, 0.25) is 0 Å². The van der Waals surface area contributed by atoms with Crippen molar-refractivity contribution >= 4 is 11.9 Å². The highest BCUT2D eigenvalue weighted by Crippen LogP contribution is 2.31. The number of hydrogen-bond acceptors (Lipinski definition) is 6. The number of hydrogen-bond donors (Lipinski definition) is 0. The third-order valence-corrected chi connectivity index (χ3v) is 7.42. The first-order chi connectivity index (χ1) is 19.0. The van der Waals surface area contributed by atoms with Crippen LogP contribution in [0.5, 0.6) is 5.75 Å². The lowest BCUT2D eigenvalue weighted by molar-refractivity contribution is -0.142. The first-order valence-corrected chi connectivity index (χ1v) is 14.0. The van der Waals surface area contributed by atoms with Crippen molar-refractivity contribution in [3.63, 3.8) is 0 Å². The van der Waals surface area contributed by atoms with Crippen molar-refractivity contribution in [2.24, 2.45) is 0 Å². The van der Waals surface area contributed by atoms with Gasteiger partial charge < -0.3 is 14.2 Å². The van der Waals surface area contributed by atoms with Gasteiger partial charge in [0.2, 0.25) is 0 Å². The van der Waals surface area contributed by atoms with Gasteiger partial charge in [0.15, 0.2) is 0 Å². The van der Waals surface area contributed by atoms with Crippen LogP contribution in [0, 0.1) is 11.3 Å². The molecule has 0 N–H and O–H groups in total. The number of allylic oxidation sites excluding steroid dienone is 8. The molecule has 2 atom stereocenters. The number of ether oxygens (including phenoxy) is 3. The highest BCUT2D eigenvalue weighted by molar-refractivity contribution is 5.90. The number of benzene rings is 1. The normalized spacial score (nSPS) is 19.6. The molecule has 0 saturated carbocycles. The quantitative estimate of drug-likeness (QED) is 0.158. The Morgan fingerprint density at radius 2 is 1.74 bits per heavy atom. The molecule has 0 amide bonds. The Balaban J connectivity index is 1.33. The lowest BCUT2D eigenvalue weighted by Gasteiger charge is -2.24. The Labute approximate surface area is 231 Å². The van der Waals surface area contributed by atoms with Crippen molar-refractivity contribution in [3.05, 3.63) is 88.8 Å². The third-order valence-electron chi connectivity index (χ3n) is 7.42. The van der Waals surface area contributed by atoms with E-state index in [9.17, 15) is 9.59 Å². The molecule has 1 fully saturated rings. The zero-order valence-corrected chi connectivity index (χ0v) is 22.7. The number of rotatable bonds is 12. The molecule has 6 nitrogen and oxygen atoms in total. The van der Waals surface area contributed by atoms with E-state index in [2.05, 4.69) is 19.6 Å². The highest BCUT2D eigenvalue weighted by Gasteiger charge is 2.35. The largest absolute Gasteiger partial charge is 0.487 e. The molecule has 2 aliphatic carbocycles. The summed E-state index contributed by atoms with van der Waals surface area (Å²) >= 11 is 0. The van der Waals surface area contributed by atoms with E-state index in [4.69, 9.17) is 19.5 Å².